The van der Waals surface area contributed by atoms with E-state index < -0.39 is 156 Å². The van der Waals surface area contributed by atoms with Crippen LogP contribution in [0.3, 0.4) is 0 Å². The van der Waals surface area contributed by atoms with Crippen LogP contribution >= 0.6 is 0 Å². The standard InChI is InChI=1S/C48H74O20/c1-19-27(52)29(54)33(58)39(63-19)67-35-30(55)28(53)23(18-49)64-40(35)68-36-32(57)31(56)34(38(59)60)66-41(36)65-26-10-11-45(5)24(43(26,2)3)9-12-48(8)37(45)22(50)15-20-21-16-46(6,42(61)62)25(51)17-44(21,4)13-14-47(20,48)7/h15,19,21,23-37,39-41,49,51-58H,9-14,16-18H2,1-8H3,(H,59,60)(H,61,62)/t19-,21-,23+,24-,25+,26-,27-,28+,29+,30-,31+,32-,33+,34-,35+,36+,37+,39-,40-,41+,44-,45-,46+,47+,48+/m0/s1. The Hall–Kier alpha value is -2.25. The molecule has 8 aliphatic rings. The van der Waals surface area contributed by atoms with Crippen molar-refractivity contribution >= 4 is 17.7 Å². The molecule has 25 atom stereocenters. The summed E-state index contributed by atoms with van der Waals surface area (Å²) in [4.78, 5) is 40.1. The lowest BCUT2D eigenvalue weighted by molar-refractivity contribution is -0.395. The number of carboxylic acids is 2. The van der Waals surface area contributed by atoms with Crippen LogP contribution in [0.15, 0.2) is 11.6 Å². The Labute approximate surface area is 395 Å². The van der Waals surface area contributed by atoms with Crippen molar-refractivity contribution in [3.63, 3.8) is 0 Å². The van der Waals surface area contributed by atoms with E-state index in [0.717, 1.165) is 18.4 Å². The van der Waals surface area contributed by atoms with E-state index in [-0.39, 0.29) is 29.5 Å². The van der Waals surface area contributed by atoms with Gasteiger partial charge in [-0.3, -0.25) is 9.59 Å². The number of carbonyl (C=O) groups excluding carboxylic acids is 1. The quantitative estimate of drug-likeness (QED) is 0.135. The fraction of sp³-hybridized carbons (Fsp3) is 0.896. The predicted octanol–water partition coefficient (Wildman–Crippen LogP) is -0.0241. The maximum absolute atomic E-state index is 15.0. The first-order chi connectivity index (χ1) is 31.5. The fourth-order valence-corrected chi connectivity index (χ4v) is 14.9. The molecule has 386 valence electrons. The van der Waals surface area contributed by atoms with Crippen LogP contribution in [0.25, 0.3) is 0 Å². The first-order valence-corrected chi connectivity index (χ1v) is 24.2. The van der Waals surface area contributed by atoms with Crippen molar-refractivity contribution in [2.45, 2.75) is 211 Å². The Morgan fingerprint density at radius 3 is 1.93 bits per heavy atom. The number of carboxylic acid groups (broad SMARTS) is 2. The first-order valence-electron chi connectivity index (χ1n) is 24.2. The van der Waals surface area contributed by atoms with Crippen LogP contribution < -0.4 is 0 Å². The van der Waals surface area contributed by atoms with Crippen LogP contribution in [0, 0.1) is 50.2 Å². The van der Waals surface area contributed by atoms with Crippen molar-refractivity contribution in [3.8, 4) is 0 Å². The number of carbonyl (C=O) groups is 3. The monoisotopic (exact) mass is 970 g/mol. The maximum atomic E-state index is 15.0. The van der Waals surface area contributed by atoms with E-state index in [0.29, 0.717) is 32.1 Å². The number of rotatable bonds is 9. The number of aliphatic hydroxyl groups excluding tert-OH is 9. The minimum atomic E-state index is -2.09. The molecule has 20 heteroatoms. The summed E-state index contributed by atoms with van der Waals surface area (Å²) < 4.78 is 36.1. The zero-order valence-corrected chi connectivity index (χ0v) is 40.1. The minimum Gasteiger partial charge on any atom is -0.481 e. The molecule has 0 amide bonds. The third-order valence-corrected chi connectivity index (χ3v) is 19.4. The van der Waals surface area contributed by atoms with Gasteiger partial charge in [-0.15, -0.1) is 0 Å². The van der Waals surface area contributed by atoms with Gasteiger partial charge in [-0.05, 0) is 110 Å². The van der Waals surface area contributed by atoms with Crippen LogP contribution in [0.5, 0.6) is 0 Å². The Balaban J connectivity index is 1.08. The molecular formula is C48H74O20. The molecule has 4 saturated carbocycles. The Morgan fingerprint density at radius 2 is 1.31 bits per heavy atom. The normalized spacial score (nSPS) is 54.6. The summed E-state index contributed by atoms with van der Waals surface area (Å²) in [6.07, 6.45) is -22.3. The van der Waals surface area contributed by atoms with Gasteiger partial charge in [-0.2, -0.15) is 0 Å². The molecule has 0 unspecified atom stereocenters. The number of hydrogen-bond acceptors (Lipinski definition) is 18. The average Bonchev–Trinajstić information content (AvgIpc) is 3.26. The van der Waals surface area contributed by atoms with Gasteiger partial charge in [0.05, 0.1) is 30.3 Å². The third-order valence-electron chi connectivity index (χ3n) is 19.4. The van der Waals surface area contributed by atoms with Gasteiger partial charge in [0.2, 0.25) is 0 Å². The smallest absolute Gasteiger partial charge is 0.335 e. The lowest BCUT2D eigenvalue weighted by Crippen LogP contribution is -2.68. The molecule has 5 aliphatic carbocycles. The van der Waals surface area contributed by atoms with Crippen LogP contribution in [0.4, 0.5) is 0 Å². The highest BCUT2D eigenvalue weighted by atomic mass is 16.8. The number of hydrogen-bond donors (Lipinski definition) is 11. The summed E-state index contributed by atoms with van der Waals surface area (Å²) in [5.74, 6) is -3.48. The number of fused-ring (bicyclic) bond motifs is 7. The zero-order valence-electron chi connectivity index (χ0n) is 40.1. The van der Waals surface area contributed by atoms with Gasteiger partial charge in [-0.25, -0.2) is 4.79 Å². The molecule has 0 aromatic rings. The van der Waals surface area contributed by atoms with E-state index in [1.807, 2.05) is 19.9 Å². The van der Waals surface area contributed by atoms with Gasteiger partial charge < -0.3 is 84.6 Å². The molecule has 3 saturated heterocycles. The van der Waals surface area contributed by atoms with E-state index in [1.54, 1.807) is 6.92 Å². The molecule has 68 heavy (non-hydrogen) atoms. The Bertz CT molecular complexity index is 1980. The van der Waals surface area contributed by atoms with Gasteiger partial charge in [0.15, 0.2) is 30.8 Å². The lowest BCUT2D eigenvalue weighted by atomic mass is 9.33. The van der Waals surface area contributed by atoms with E-state index >= 15 is 4.79 Å². The lowest BCUT2D eigenvalue weighted by Gasteiger charge is -2.70. The second-order valence-corrected chi connectivity index (χ2v) is 23.5. The van der Waals surface area contributed by atoms with Crippen LogP contribution in [-0.4, -0.2) is 185 Å². The maximum Gasteiger partial charge on any atom is 0.335 e. The predicted molar refractivity (Wildman–Crippen MR) is 231 cm³/mol. The topological polar surface area (TPSA) is 329 Å². The molecule has 3 aliphatic heterocycles. The summed E-state index contributed by atoms with van der Waals surface area (Å²) in [5, 5.41) is 118. The molecular weight excluding hydrogens is 897 g/mol. The molecule has 8 rings (SSSR count). The number of aliphatic carboxylic acids is 2. The molecule has 11 N–H and O–H groups in total. The van der Waals surface area contributed by atoms with Crippen LogP contribution in [0.1, 0.15) is 107 Å². The van der Waals surface area contributed by atoms with Crippen molar-refractivity contribution in [1.82, 2.24) is 0 Å². The van der Waals surface area contributed by atoms with E-state index in [4.69, 9.17) is 28.4 Å². The SMILES string of the molecule is C[C@@H]1O[C@@H](O[C@H]2[C@H](O[C@H]3[C@H](O[C@H]4CC[C@]5(C)[C@H]6C(=O)C=C7[C@@H]8C[C@@](C)(C(=O)O)[C@H](O)C[C@]8(C)CC[C@@]7(C)[C@]6(C)CC[C@H]5C4(C)C)O[C@H](C(=O)O)[C@H](O)[C@@H]3O)O[C@H](CO)[C@@H](O)[C@@H]2O)[C@H](O)[C@H](O)[C@H]1O. The summed E-state index contributed by atoms with van der Waals surface area (Å²) in [7, 11) is 0. The van der Waals surface area contributed by atoms with Crippen LogP contribution in [-0.2, 0) is 42.8 Å². The third kappa shape index (κ3) is 7.77. The van der Waals surface area contributed by atoms with Crippen molar-refractivity contribution in [1.29, 1.82) is 0 Å². The highest BCUT2D eigenvalue weighted by molar-refractivity contribution is 5.95. The first kappa shape index (κ1) is 52.1. The number of ether oxygens (including phenoxy) is 6. The van der Waals surface area contributed by atoms with Crippen molar-refractivity contribution in [2.75, 3.05) is 6.61 Å². The summed E-state index contributed by atoms with van der Waals surface area (Å²) >= 11 is 0. The molecule has 3 heterocycles. The van der Waals surface area contributed by atoms with Gasteiger partial charge in [0, 0.05) is 5.92 Å². The van der Waals surface area contributed by atoms with Gasteiger partial charge in [0.25, 0.3) is 0 Å². The highest BCUT2D eigenvalue weighted by Crippen LogP contribution is 2.75. The zero-order chi connectivity index (χ0) is 50.2. The minimum absolute atomic E-state index is 0.00994. The summed E-state index contributed by atoms with van der Waals surface area (Å²) in [5.41, 5.74) is -3.07. The molecule has 20 nitrogen and oxygen atoms in total. The van der Waals surface area contributed by atoms with E-state index in [1.165, 1.54) is 6.92 Å². The van der Waals surface area contributed by atoms with Gasteiger partial charge >= 0.3 is 11.9 Å². The molecule has 0 aromatic carbocycles. The fourth-order valence-electron chi connectivity index (χ4n) is 14.9. The van der Waals surface area contributed by atoms with E-state index in [2.05, 4.69) is 27.7 Å². The summed E-state index contributed by atoms with van der Waals surface area (Å²) in [6, 6.07) is 0. The second-order valence-electron chi connectivity index (χ2n) is 23.5. The largest absolute Gasteiger partial charge is 0.481 e. The Kier molecular flexibility index (Phi) is 13.6. The van der Waals surface area contributed by atoms with Gasteiger partial charge in [0.1, 0.15) is 61.0 Å². The number of allylic oxidation sites excluding steroid dienone is 2. The highest BCUT2D eigenvalue weighted by Gasteiger charge is 2.71. The average molecular weight is 971 g/mol. The molecule has 0 radical (unpaired) electrons. The second kappa shape index (κ2) is 17.8. The summed E-state index contributed by atoms with van der Waals surface area (Å²) in [6.45, 7) is 14.9. The Morgan fingerprint density at radius 1 is 0.691 bits per heavy atom. The van der Waals surface area contributed by atoms with Crippen LogP contribution in [0.2, 0.25) is 0 Å². The molecule has 0 bridgehead atoms. The van der Waals surface area contributed by atoms with E-state index in [9.17, 15) is 65.8 Å². The van der Waals surface area contributed by atoms with Gasteiger partial charge in [-0.1, -0.05) is 47.1 Å². The molecule has 7 fully saturated rings. The van der Waals surface area contributed by atoms with Crippen molar-refractivity contribution in [2.24, 2.45) is 50.2 Å². The molecule has 0 aromatic heterocycles. The van der Waals surface area contributed by atoms with Crippen molar-refractivity contribution in [3.05, 3.63) is 11.6 Å². The number of ketones is 1. The number of aliphatic hydroxyl groups is 9. The van der Waals surface area contributed by atoms with Crippen molar-refractivity contribution < 1.29 is 99.0 Å². The molecule has 0 spiro atoms.